The Labute approximate surface area is 137 Å². The van der Waals surface area contributed by atoms with Gasteiger partial charge in [0, 0.05) is 11.0 Å². The fraction of sp³-hybridized carbons (Fsp3) is 0.278. The highest BCUT2D eigenvalue weighted by atomic mass is 79.9. The molecule has 1 aliphatic rings. The molecule has 0 bridgehead atoms. The Balaban J connectivity index is 1.59. The standard InChI is InChI=1S/C18H17BrFNO/c19-17-7-6-16(20)10-15(17)11-21-18(22)9-12-4-5-13-2-1-3-14(13)8-12/h4-8,10H,1-3,9,11H2,(H,21,22). The van der Waals surface area contributed by atoms with E-state index in [9.17, 15) is 9.18 Å². The summed E-state index contributed by atoms with van der Waals surface area (Å²) in [4.78, 5) is 12.1. The minimum absolute atomic E-state index is 0.0471. The lowest BCUT2D eigenvalue weighted by molar-refractivity contribution is -0.120. The lowest BCUT2D eigenvalue weighted by atomic mass is 10.0. The van der Waals surface area contributed by atoms with Crippen LogP contribution in [-0.4, -0.2) is 5.91 Å². The number of halogens is 2. The van der Waals surface area contributed by atoms with Crippen molar-refractivity contribution in [2.75, 3.05) is 0 Å². The smallest absolute Gasteiger partial charge is 0.224 e. The van der Waals surface area contributed by atoms with Crippen LogP contribution in [0.5, 0.6) is 0 Å². The normalized spacial score (nSPS) is 13.0. The van der Waals surface area contributed by atoms with Gasteiger partial charge in [-0.3, -0.25) is 4.79 Å². The van der Waals surface area contributed by atoms with E-state index in [1.165, 1.54) is 29.7 Å². The Kier molecular flexibility index (Phi) is 4.57. The minimum atomic E-state index is -0.300. The molecule has 22 heavy (non-hydrogen) atoms. The van der Waals surface area contributed by atoms with E-state index in [1.54, 1.807) is 6.07 Å². The van der Waals surface area contributed by atoms with Crippen LogP contribution >= 0.6 is 15.9 Å². The summed E-state index contributed by atoms with van der Waals surface area (Å²) in [6, 6.07) is 10.8. The zero-order valence-corrected chi connectivity index (χ0v) is 13.7. The second-order valence-corrected chi connectivity index (χ2v) is 6.50. The number of hydrogen-bond donors (Lipinski definition) is 1. The topological polar surface area (TPSA) is 29.1 Å². The SMILES string of the molecule is O=C(Cc1ccc2c(c1)CCC2)NCc1cc(F)ccc1Br. The monoisotopic (exact) mass is 361 g/mol. The summed E-state index contributed by atoms with van der Waals surface area (Å²) in [6.07, 6.45) is 3.83. The predicted octanol–water partition coefficient (Wildman–Crippen LogP) is 3.94. The molecule has 0 atom stereocenters. The second-order valence-electron chi connectivity index (χ2n) is 5.65. The van der Waals surface area contributed by atoms with E-state index in [1.807, 2.05) is 6.07 Å². The van der Waals surface area contributed by atoms with E-state index < -0.39 is 0 Å². The van der Waals surface area contributed by atoms with E-state index in [0.29, 0.717) is 13.0 Å². The zero-order chi connectivity index (χ0) is 15.5. The van der Waals surface area contributed by atoms with Crippen LogP contribution in [0.25, 0.3) is 0 Å². The Bertz CT molecular complexity index is 714. The van der Waals surface area contributed by atoms with Crippen LogP contribution in [0.2, 0.25) is 0 Å². The molecule has 2 aromatic rings. The third-order valence-corrected chi connectivity index (χ3v) is 4.78. The van der Waals surface area contributed by atoms with Gasteiger partial charge in [-0.2, -0.15) is 0 Å². The van der Waals surface area contributed by atoms with Crippen LogP contribution in [0.4, 0.5) is 4.39 Å². The van der Waals surface area contributed by atoms with Gasteiger partial charge in [0.25, 0.3) is 0 Å². The second kappa shape index (κ2) is 6.61. The highest BCUT2D eigenvalue weighted by Crippen LogP contribution is 2.23. The number of aryl methyl sites for hydroxylation is 2. The van der Waals surface area contributed by atoms with Crippen molar-refractivity contribution >= 4 is 21.8 Å². The molecule has 2 nitrogen and oxygen atoms in total. The van der Waals surface area contributed by atoms with Gasteiger partial charge in [0.05, 0.1) is 6.42 Å². The maximum atomic E-state index is 13.2. The van der Waals surface area contributed by atoms with Gasteiger partial charge >= 0.3 is 0 Å². The molecule has 0 unspecified atom stereocenters. The van der Waals surface area contributed by atoms with Crippen molar-refractivity contribution < 1.29 is 9.18 Å². The minimum Gasteiger partial charge on any atom is -0.352 e. The zero-order valence-electron chi connectivity index (χ0n) is 12.2. The number of nitrogens with one attached hydrogen (secondary N) is 1. The van der Waals surface area contributed by atoms with Crippen LogP contribution in [-0.2, 0) is 30.6 Å². The van der Waals surface area contributed by atoms with Gasteiger partial charge in [0.2, 0.25) is 5.91 Å². The van der Waals surface area contributed by atoms with Crippen molar-refractivity contribution in [2.24, 2.45) is 0 Å². The summed E-state index contributed by atoms with van der Waals surface area (Å²) < 4.78 is 14.0. The molecule has 1 N–H and O–H groups in total. The summed E-state index contributed by atoms with van der Waals surface area (Å²) in [5.74, 6) is -0.347. The maximum absolute atomic E-state index is 13.2. The van der Waals surface area contributed by atoms with E-state index in [0.717, 1.165) is 28.4 Å². The molecule has 2 aromatic carbocycles. The first kappa shape index (κ1) is 15.2. The van der Waals surface area contributed by atoms with E-state index in [2.05, 4.69) is 33.4 Å². The van der Waals surface area contributed by atoms with Gasteiger partial charge in [-0.25, -0.2) is 4.39 Å². The summed E-state index contributed by atoms with van der Waals surface area (Å²) >= 11 is 3.36. The third-order valence-electron chi connectivity index (χ3n) is 4.01. The van der Waals surface area contributed by atoms with E-state index in [-0.39, 0.29) is 11.7 Å². The Morgan fingerprint density at radius 1 is 1.14 bits per heavy atom. The highest BCUT2D eigenvalue weighted by molar-refractivity contribution is 9.10. The largest absolute Gasteiger partial charge is 0.352 e. The molecule has 0 fully saturated rings. The van der Waals surface area contributed by atoms with Crippen molar-refractivity contribution in [3.63, 3.8) is 0 Å². The number of carbonyl (C=O) groups excluding carboxylic acids is 1. The van der Waals surface area contributed by atoms with Crippen LogP contribution in [0.15, 0.2) is 40.9 Å². The Morgan fingerprint density at radius 3 is 2.82 bits per heavy atom. The molecular weight excluding hydrogens is 345 g/mol. The molecule has 4 heteroatoms. The van der Waals surface area contributed by atoms with Crippen LogP contribution in [0.3, 0.4) is 0 Å². The lowest BCUT2D eigenvalue weighted by Crippen LogP contribution is -2.24. The molecule has 3 rings (SSSR count). The third kappa shape index (κ3) is 3.55. The molecule has 0 saturated carbocycles. The number of benzene rings is 2. The molecule has 0 radical (unpaired) electrons. The molecule has 114 valence electrons. The van der Waals surface area contributed by atoms with Crippen molar-refractivity contribution in [1.29, 1.82) is 0 Å². The van der Waals surface area contributed by atoms with Gasteiger partial charge in [-0.05, 0) is 59.7 Å². The van der Waals surface area contributed by atoms with Crippen molar-refractivity contribution in [2.45, 2.75) is 32.2 Å². The molecule has 0 aromatic heterocycles. The number of rotatable bonds is 4. The van der Waals surface area contributed by atoms with Crippen LogP contribution in [0.1, 0.15) is 28.7 Å². The highest BCUT2D eigenvalue weighted by Gasteiger charge is 2.12. The number of fused-ring (bicyclic) bond motifs is 1. The molecular formula is C18H17BrFNO. The average Bonchev–Trinajstić information content (AvgIpc) is 2.96. The average molecular weight is 362 g/mol. The summed E-state index contributed by atoms with van der Waals surface area (Å²) in [5, 5.41) is 2.85. The van der Waals surface area contributed by atoms with E-state index in [4.69, 9.17) is 0 Å². The quantitative estimate of drug-likeness (QED) is 0.877. The van der Waals surface area contributed by atoms with Gasteiger partial charge in [0.15, 0.2) is 0 Å². The lowest BCUT2D eigenvalue weighted by Gasteiger charge is -2.08. The van der Waals surface area contributed by atoms with Crippen molar-refractivity contribution in [3.8, 4) is 0 Å². The number of hydrogen-bond acceptors (Lipinski definition) is 1. The number of carbonyl (C=O) groups is 1. The summed E-state index contributed by atoms with van der Waals surface area (Å²) in [6.45, 7) is 0.322. The molecule has 0 heterocycles. The first-order valence-electron chi connectivity index (χ1n) is 7.43. The molecule has 0 spiro atoms. The van der Waals surface area contributed by atoms with Gasteiger partial charge in [-0.15, -0.1) is 0 Å². The van der Waals surface area contributed by atoms with Crippen LogP contribution in [0, 0.1) is 5.82 Å². The van der Waals surface area contributed by atoms with E-state index >= 15 is 0 Å². The van der Waals surface area contributed by atoms with Crippen LogP contribution < -0.4 is 5.32 Å². The molecule has 1 amide bonds. The fourth-order valence-electron chi connectivity index (χ4n) is 2.86. The fourth-order valence-corrected chi connectivity index (χ4v) is 3.24. The molecule has 1 aliphatic carbocycles. The van der Waals surface area contributed by atoms with Gasteiger partial charge in [-0.1, -0.05) is 34.1 Å². The van der Waals surface area contributed by atoms with Gasteiger partial charge in [0.1, 0.15) is 5.82 Å². The predicted molar refractivity (Wildman–Crippen MR) is 88.1 cm³/mol. The maximum Gasteiger partial charge on any atom is 0.224 e. The summed E-state index contributed by atoms with van der Waals surface area (Å²) in [5.41, 5.74) is 4.56. The summed E-state index contributed by atoms with van der Waals surface area (Å²) in [7, 11) is 0. The van der Waals surface area contributed by atoms with Gasteiger partial charge < -0.3 is 5.32 Å². The molecule has 0 aliphatic heterocycles. The first-order chi connectivity index (χ1) is 10.6. The Morgan fingerprint density at radius 2 is 1.95 bits per heavy atom. The van der Waals surface area contributed by atoms with Crippen molar-refractivity contribution in [1.82, 2.24) is 5.32 Å². The number of amides is 1. The Hall–Kier alpha value is -1.68. The van der Waals surface area contributed by atoms with Crippen molar-refractivity contribution in [3.05, 3.63) is 68.9 Å². The first-order valence-corrected chi connectivity index (χ1v) is 8.22. The molecule has 0 saturated heterocycles.